The monoisotopic (exact) mass is 680 g/mol. The largest absolute Gasteiger partial charge is 0.436 e. The second kappa shape index (κ2) is 15.4. The Labute approximate surface area is 241 Å². The fourth-order valence-electron chi connectivity index (χ4n) is 4.28. The Kier molecular flexibility index (Phi) is 15.8. The number of hydrogen-bond acceptors (Lipinski definition) is 6. The topological polar surface area (TPSA) is 36.9 Å². The van der Waals surface area contributed by atoms with E-state index in [1.807, 2.05) is 26.2 Å². The summed E-state index contributed by atoms with van der Waals surface area (Å²) in [6.45, 7) is 16.8. The molecule has 0 aromatic heterocycles. The molecule has 0 N–H and O–H groups in total. The molecule has 0 bridgehead atoms. The van der Waals surface area contributed by atoms with E-state index in [-0.39, 0.29) is 0 Å². The summed E-state index contributed by atoms with van der Waals surface area (Å²) in [7, 11) is -15.4. The van der Waals surface area contributed by atoms with Gasteiger partial charge in [0.15, 0.2) is 16.6 Å². The lowest BCUT2D eigenvalue weighted by Crippen LogP contribution is -2.61. The molecule has 0 amide bonds. The summed E-state index contributed by atoms with van der Waals surface area (Å²) in [5, 5.41) is 0. The summed E-state index contributed by atoms with van der Waals surface area (Å²) < 4.78 is 106. The molecule has 0 fully saturated rings. The van der Waals surface area contributed by atoms with E-state index in [4.69, 9.17) is 16.5 Å². The van der Waals surface area contributed by atoms with E-state index in [0.29, 0.717) is 24.0 Å². The Balaban J connectivity index is 6.39. The number of hydrogen-bond donors (Lipinski definition) is 2. The summed E-state index contributed by atoms with van der Waals surface area (Å²) >= 11 is 8.46. The van der Waals surface area contributed by atoms with Gasteiger partial charge in [0.2, 0.25) is 0 Å². The normalized spacial score (nSPS) is 16.0. The second-order valence-corrected chi connectivity index (χ2v) is 31.6. The minimum absolute atomic E-state index is 0.534. The van der Waals surface area contributed by atoms with Crippen LogP contribution in [-0.4, -0.2) is 66.2 Å². The van der Waals surface area contributed by atoms with Crippen LogP contribution in [0.3, 0.4) is 0 Å². The third-order valence-corrected chi connectivity index (χ3v) is 26.7. The molecule has 38 heavy (non-hydrogen) atoms. The molecule has 1 unspecified atom stereocenters. The number of thiol groups is 2. The van der Waals surface area contributed by atoms with Crippen molar-refractivity contribution in [1.29, 1.82) is 0 Å². The van der Waals surface area contributed by atoms with Gasteiger partial charge in [-0.3, -0.25) is 0 Å². The fraction of sp³-hybridized carbons (Fsp3) is 0.905. The zero-order chi connectivity index (χ0) is 30.1. The molecule has 4 nitrogen and oxygen atoms in total. The van der Waals surface area contributed by atoms with E-state index < -0.39 is 79.6 Å². The van der Waals surface area contributed by atoms with Gasteiger partial charge in [0.25, 0.3) is 0 Å². The fourth-order valence-corrected chi connectivity index (χ4v) is 29.8. The van der Waals surface area contributed by atoms with Gasteiger partial charge in [0, 0.05) is 12.8 Å². The molecule has 0 aromatic carbocycles. The average molecular weight is 681 g/mol. The van der Waals surface area contributed by atoms with Crippen molar-refractivity contribution in [3.8, 4) is 0 Å². The highest BCUT2D eigenvalue weighted by Gasteiger charge is 2.53. The predicted molar refractivity (Wildman–Crippen MR) is 162 cm³/mol. The third kappa shape index (κ3) is 17.7. The van der Waals surface area contributed by atoms with Crippen LogP contribution in [-0.2, 0) is 16.5 Å². The summed E-state index contributed by atoms with van der Waals surface area (Å²) in [4.78, 5) is 0. The zero-order valence-corrected chi connectivity index (χ0v) is 30.4. The molecule has 1 atom stereocenters. The first-order valence-electron chi connectivity index (χ1n) is 12.7. The van der Waals surface area contributed by atoms with Crippen molar-refractivity contribution < 1.29 is 42.8 Å². The first-order chi connectivity index (χ1) is 16.9. The van der Waals surface area contributed by atoms with Gasteiger partial charge < -0.3 is 16.5 Å². The lowest BCUT2D eigenvalue weighted by atomic mass is 10.5. The highest BCUT2D eigenvalue weighted by atomic mass is 32.1. The molecular weight excluding hydrogens is 635 g/mol. The number of rotatable bonds is 19. The zero-order valence-electron chi connectivity index (χ0n) is 23.7. The summed E-state index contributed by atoms with van der Waals surface area (Å²) in [5.74, 6) is 1.24. The highest BCUT2D eigenvalue weighted by Crippen LogP contribution is 2.39. The van der Waals surface area contributed by atoms with Crippen molar-refractivity contribution in [2.24, 2.45) is 0 Å². The maximum atomic E-state index is 13.4. The molecule has 17 heteroatoms. The first-order valence-corrected chi connectivity index (χ1v) is 27.7. The van der Waals surface area contributed by atoms with E-state index in [1.54, 1.807) is 19.6 Å². The standard InChI is InChI=1S/C21H46F6O4S2Si5/c1-9-37(8,30-36(6,7)28-34(2,3)16-10-14-32)31-38(18-12-20(22,23)24,19-13-21(25,26)27)29-35(4,5)17-11-15-33/h9,32-33H,1,10-19H2,2-8H3. The Morgan fingerprint density at radius 3 is 1.37 bits per heavy atom. The molecule has 0 aliphatic heterocycles. The van der Waals surface area contributed by atoms with Crippen molar-refractivity contribution in [3.63, 3.8) is 0 Å². The Morgan fingerprint density at radius 2 is 1.03 bits per heavy atom. The molecule has 0 saturated carbocycles. The molecule has 0 rings (SSSR count). The predicted octanol–water partition coefficient (Wildman–Crippen LogP) is 8.95. The Morgan fingerprint density at radius 1 is 0.632 bits per heavy atom. The van der Waals surface area contributed by atoms with E-state index in [0.717, 1.165) is 12.5 Å². The number of alkyl halides is 6. The second-order valence-electron chi connectivity index (χ2n) is 11.3. The van der Waals surface area contributed by atoms with Gasteiger partial charge in [-0.2, -0.15) is 51.6 Å². The molecule has 0 spiro atoms. The summed E-state index contributed by atoms with van der Waals surface area (Å²) in [6.07, 6.45) is -10.2. The van der Waals surface area contributed by atoms with Gasteiger partial charge in [0.05, 0.1) is 0 Å². The molecule has 0 aliphatic rings. The van der Waals surface area contributed by atoms with Crippen molar-refractivity contribution in [3.05, 3.63) is 12.3 Å². The van der Waals surface area contributed by atoms with Gasteiger partial charge in [-0.25, -0.2) is 0 Å². The Hall–Kier alpha value is 0.944. The minimum atomic E-state index is -4.58. The van der Waals surface area contributed by atoms with E-state index >= 15 is 0 Å². The summed E-state index contributed by atoms with van der Waals surface area (Å²) in [5.41, 5.74) is 1.42. The Bertz CT molecular complexity index is 711. The molecular formula is C21H46F6O4S2Si5. The summed E-state index contributed by atoms with van der Waals surface area (Å²) in [6, 6.07) is 0.0883. The molecule has 0 aliphatic carbocycles. The van der Waals surface area contributed by atoms with E-state index in [2.05, 4.69) is 31.8 Å². The first kappa shape index (κ1) is 38.9. The van der Waals surface area contributed by atoms with Gasteiger partial charge in [-0.1, -0.05) is 5.70 Å². The molecule has 0 heterocycles. The van der Waals surface area contributed by atoms with Crippen LogP contribution < -0.4 is 0 Å². The van der Waals surface area contributed by atoms with Gasteiger partial charge in [0.1, 0.15) is 0 Å². The third-order valence-electron chi connectivity index (χ3n) is 5.64. The SMILES string of the molecule is C=C[Si](C)(O[Si](C)(C)O[Si](C)(C)CCCS)O[Si](CCC(F)(F)F)(CCC(F)(F)F)O[Si](C)(C)CCCS. The van der Waals surface area contributed by atoms with Crippen molar-refractivity contribution >= 4 is 67.6 Å². The van der Waals surface area contributed by atoms with Crippen LogP contribution in [0.1, 0.15) is 25.7 Å². The molecule has 0 aromatic rings. The van der Waals surface area contributed by atoms with Crippen molar-refractivity contribution in [2.75, 3.05) is 11.5 Å². The molecule has 228 valence electrons. The van der Waals surface area contributed by atoms with E-state index in [9.17, 15) is 26.3 Å². The quantitative estimate of drug-likeness (QED) is 0.0812. The van der Waals surface area contributed by atoms with Crippen LogP contribution >= 0.6 is 25.3 Å². The maximum Gasteiger partial charge on any atom is 0.389 e. The van der Waals surface area contributed by atoms with Crippen LogP contribution in [0.2, 0.25) is 70.0 Å². The lowest BCUT2D eigenvalue weighted by Gasteiger charge is -2.45. The van der Waals surface area contributed by atoms with Crippen LogP contribution in [0.15, 0.2) is 12.3 Å². The number of halogens is 6. The molecule has 0 saturated heterocycles. The van der Waals surface area contributed by atoms with Gasteiger partial charge in [-0.15, -0.1) is 6.58 Å². The molecule has 0 radical (unpaired) electrons. The van der Waals surface area contributed by atoms with Gasteiger partial charge >= 0.3 is 38.0 Å². The smallest absolute Gasteiger partial charge is 0.389 e. The van der Waals surface area contributed by atoms with Crippen LogP contribution in [0.5, 0.6) is 0 Å². The van der Waals surface area contributed by atoms with Crippen molar-refractivity contribution in [2.45, 2.75) is 108 Å². The average Bonchev–Trinajstić information content (AvgIpc) is 2.71. The highest BCUT2D eigenvalue weighted by molar-refractivity contribution is 7.80. The maximum absolute atomic E-state index is 13.4. The van der Waals surface area contributed by atoms with Crippen LogP contribution in [0.4, 0.5) is 26.3 Å². The van der Waals surface area contributed by atoms with Crippen LogP contribution in [0, 0.1) is 0 Å². The van der Waals surface area contributed by atoms with Crippen molar-refractivity contribution in [1.82, 2.24) is 0 Å². The minimum Gasteiger partial charge on any atom is -0.436 e. The van der Waals surface area contributed by atoms with E-state index in [1.165, 1.54) is 5.70 Å². The van der Waals surface area contributed by atoms with Crippen LogP contribution in [0.25, 0.3) is 0 Å². The lowest BCUT2D eigenvalue weighted by molar-refractivity contribution is -0.133. The van der Waals surface area contributed by atoms with Gasteiger partial charge in [-0.05, 0) is 94.4 Å².